The van der Waals surface area contributed by atoms with Crippen LogP contribution in [0.25, 0.3) is 0 Å². The van der Waals surface area contributed by atoms with Gasteiger partial charge in [0, 0.05) is 26.1 Å². The van der Waals surface area contributed by atoms with Gasteiger partial charge in [0.05, 0.1) is 6.42 Å². The lowest BCUT2D eigenvalue weighted by molar-refractivity contribution is -0.133. The predicted octanol–water partition coefficient (Wildman–Crippen LogP) is 1.11. The number of carbonyl (C=O) groups excluding carboxylic acids is 2. The second-order valence-electron chi connectivity index (χ2n) is 4.88. The van der Waals surface area contributed by atoms with Gasteiger partial charge in [0.1, 0.15) is 5.82 Å². The number of halogens is 1. The van der Waals surface area contributed by atoms with Crippen molar-refractivity contribution in [1.29, 1.82) is 0 Å². The highest BCUT2D eigenvalue weighted by Crippen LogP contribution is 2.10. The Balaban J connectivity index is 1.84. The number of nitrogens with one attached hydrogen (secondary N) is 1. The molecule has 1 aromatic carbocycles. The molecule has 4 nitrogen and oxygen atoms in total. The molecule has 2 amide bonds. The van der Waals surface area contributed by atoms with Gasteiger partial charge in [0.25, 0.3) is 0 Å². The van der Waals surface area contributed by atoms with Crippen molar-refractivity contribution in [2.75, 3.05) is 13.6 Å². The molecule has 0 spiro atoms. The Morgan fingerprint density at radius 2 is 2.11 bits per heavy atom. The maximum absolute atomic E-state index is 12.7. The highest BCUT2D eigenvalue weighted by atomic mass is 19.1. The Hall–Kier alpha value is -1.91. The van der Waals surface area contributed by atoms with Crippen molar-refractivity contribution in [2.45, 2.75) is 25.3 Å². The van der Waals surface area contributed by atoms with Crippen LogP contribution in [-0.4, -0.2) is 36.3 Å². The van der Waals surface area contributed by atoms with Crippen LogP contribution < -0.4 is 5.32 Å². The van der Waals surface area contributed by atoms with E-state index in [1.807, 2.05) is 0 Å². The number of benzene rings is 1. The molecular formula is C14H17FN2O2. The van der Waals surface area contributed by atoms with Crippen molar-refractivity contribution in [2.24, 2.45) is 0 Å². The van der Waals surface area contributed by atoms with E-state index in [-0.39, 0.29) is 30.1 Å². The summed E-state index contributed by atoms with van der Waals surface area (Å²) in [6.45, 7) is 0.550. The Morgan fingerprint density at radius 1 is 1.42 bits per heavy atom. The van der Waals surface area contributed by atoms with Crippen LogP contribution in [0.4, 0.5) is 4.39 Å². The second kappa shape index (κ2) is 5.82. The molecule has 1 aliphatic rings. The van der Waals surface area contributed by atoms with Crippen LogP contribution in [0.15, 0.2) is 24.3 Å². The second-order valence-corrected chi connectivity index (χ2v) is 4.88. The van der Waals surface area contributed by atoms with Gasteiger partial charge in [-0.05, 0) is 24.1 Å². The summed E-state index contributed by atoms with van der Waals surface area (Å²) in [6, 6.07) is 5.90. The highest BCUT2D eigenvalue weighted by Gasteiger charge is 2.23. The van der Waals surface area contributed by atoms with Gasteiger partial charge in [0.15, 0.2) is 0 Å². The summed E-state index contributed by atoms with van der Waals surface area (Å²) < 4.78 is 12.7. The fourth-order valence-corrected chi connectivity index (χ4v) is 2.20. The molecular weight excluding hydrogens is 247 g/mol. The normalized spacial score (nSPS) is 19.4. The van der Waals surface area contributed by atoms with Gasteiger partial charge >= 0.3 is 0 Å². The molecule has 1 saturated heterocycles. The monoisotopic (exact) mass is 264 g/mol. The number of piperidine rings is 1. The van der Waals surface area contributed by atoms with E-state index < -0.39 is 0 Å². The number of amides is 2. The third-order valence-corrected chi connectivity index (χ3v) is 3.27. The van der Waals surface area contributed by atoms with Gasteiger partial charge in [-0.1, -0.05) is 12.1 Å². The molecule has 0 aliphatic carbocycles. The number of hydrogen-bond donors (Lipinski definition) is 1. The first-order chi connectivity index (χ1) is 9.04. The lowest BCUT2D eigenvalue weighted by Gasteiger charge is -2.30. The molecule has 1 aliphatic heterocycles. The predicted molar refractivity (Wildman–Crippen MR) is 68.9 cm³/mol. The van der Waals surface area contributed by atoms with Crippen LogP contribution in [0.2, 0.25) is 0 Å². The molecule has 102 valence electrons. The third kappa shape index (κ3) is 3.77. The number of rotatable bonds is 3. The van der Waals surface area contributed by atoms with Crippen molar-refractivity contribution < 1.29 is 14.0 Å². The zero-order valence-corrected chi connectivity index (χ0v) is 10.9. The minimum absolute atomic E-state index is 0.00986. The lowest BCUT2D eigenvalue weighted by atomic mass is 10.0. The summed E-state index contributed by atoms with van der Waals surface area (Å²) >= 11 is 0. The third-order valence-electron chi connectivity index (χ3n) is 3.27. The van der Waals surface area contributed by atoms with Crippen LogP contribution in [0.1, 0.15) is 18.4 Å². The fourth-order valence-electron chi connectivity index (χ4n) is 2.20. The van der Waals surface area contributed by atoms with E-state index in [4.69, 9.17) is 0 Å². The summed E-state index contributed by atoms with van der Waals surface area (Å²) in [6.07, 6.45) is 1.38. The molecule has 1 aromatic rings. The summed E-state index contributed by atoms with van der Waals surface area (Å²) in [5, 5.41) is 2.91. The molecule has 0 unspecified atom stereocenters. The first-order valence-electron chi connectivity index (χ1n) is 6.32. The molecule has 1 fully saturated rings. The molecule has 0 bridgehead atoms. The average Bonchev–Trinajstić information content (AvgIpc) is 2.37. The topological polar surface area (TPSA) is 49.4 Å². The number of likely N-dealkylation sites (tertiary alicyclic amines) is 1. The molecule has 1 heterocycles. The maximum Gasteiger partial charge on any atom is 0.224 e. The Morgan fingerprint density at radius 3 is 2.74 bits per heavy atom. The number of nitrogens with zero attached hydrogens (tertiary/aromatic N) is 1. The van der Waals surface area contributed by atoms with Crippen LogP contribution in [0.5, 0.6) is 0 Å². The Labute approximate surface area is 111 Å². The summed E-state index contributed by atoms with van der Waals surface area (Å²) in [7, 11) is 1.74. The smallest absolute Gasteiger partial charge is 0.224 e. The summed E-state index contributed by atoms with van der Waals surface area (Å²) in [4.78, 5) is 24.8. The largest absolute Gasteiger partial charge is 0.351 e. The van der Waals surface area contributed by atoms with E-state index >= 15 is 0 Å². The first kappa shape index (κ1) is 13.5. The van der Waals surface area contributed by atoms with Crippen LogP contribution >= 0.6 is 0 Å². The van der Waals surface area contributed by atoms with E-state index in [0.717, 1.165) is 5.56 Å². The van der Waals surface area contributed by atoms with Crippen LogP contribution in [-0.2, 0) is 16.0 Å². The minimum atomic E-state index is -0.309. The van der Waals surface area contributed by atoms with Gasteiger partial charge in [0.2, 0.25) is 11.8 Å². The van der Waals surface area contributed by atoms with Crippen molar-refractivity contribution in [1.82, 2.24) is 10.2 Å². The molecule has 2 rings (SSSR count). The van der Waals surface area contributed by atoms with Gasteiger partial charge in [-0.15, -0.1) is 0 Å². The van der Waals surface area contributed by atoms with Gasteiger partial charge < -0.3 is 10.2 Å². The first-order valence-corrected chi connectivity index (χ1v) is 6.32. The SMILES string of the molecule is CN1C[C@H](NC(=O)Cc2ccc(F)cc2)CCC1=O. The van der Waals surface area contributed by atoms with Crippen LogP contribution in [0.3, 0.4) is 0 Å². The van der Waals surface area contributed by atoms with E-state index in [0.29, 0.717) is 19.4 Å². The molecule has 0 saturated carbocycles. The summed E-state index contributed by atoms with van der Waals surface area (Å²) in [5.41, 5.74) is 0.777. The molecule has 1 atom stereocenters. The van der Waals surface area contributed by atoms with Gasteiger partial charge in [-0.3, -0.25) is 9.59 Å². The fraction of sp³-hybridized carbons (Fsp3) is 0.429. The van der Waals surface area contributed by atoms with E-state index in [1.165, 1.54) is 12.1 Å². The van der Waals surface area contributed by atoms with E-state index in [1.54, 1.807) is 24.1 Å². The van der Waals surface area contributed by atoms with Crippen molar-refractivity contribution >= 4 is 11.8 Å². The Kier molecular flexibility index (Phi) is 4.14. The Bertz CT molecular complexity index is 473. The molecule has 19 heavy (non-hydrogen) atoms. The van der Waals surface area contributed by atoms with E-state index in [2.05, 4.69) is 5.32 Å². The maximum atomic E-state index is 12.7. The van der Waals surface area contributed by atoms with Crippen LogP contribution in [0, 0.1) is 5.82 Å². The van der Waals surface area contributed by atoms with Crippen molar-refractivity contribution in [3.05, 3.63) is 35.6 Å². The van der Waals surface area contributed by atoms with Gasteiger partial charge in [-0.25, -0.2) is 4.39 Å². The number of carbonyl (C=O) groups is 2. The number of hydrogen-bond acceptors (Lipinski definition) is 2. The molecule has 1 N–H and O–H groups in total. The van der Waals surface area contributed by atoms with Crippen molar-refractivity contribution in [3.63, 3.8) is 0 Å². The highest BCUT2D eigenvalue weighted by molar-refractivity contribution is 5.80. The van der Waals surface area contributed by atoms with E-state index in [9.17, 15) is 14.0 Å². The number of likely N-dealkylation sites (N-methyl/N-ethyl adjacent to an activating group) is 1. The van der Waals surface area contributed by atoms with Crippen molar-refractivity contribution in [3.8, 4) is 0 Å². The zero-order chi connectivity index (χ0) is 13.8. The quantitative estimate of drug-likeness (QED) is 0.889. The molecule has 0 aromatic heterocycles. The zero-order valence-electron chi connectivity index (χ0n) is 10.9. The van der Waals surface area contributed by atoms with Gasteiger partial charge in [-0.2, -0.15) is 0 Å². The molecule has 0 radical (unpaired) electrons. The average molecular weight is 264 g/mol. The molecule has 5 heteroatoms. The standard InChI is InChI=1S/C14H17FN2O2/c1-17-9-12(6-7-14(17)19)16-13(18)8-10-2-4-11(15)5-3-10/h2-5,12H,6-9H2,1H3,(H,16,18)/t12-/m1/s1. The summed E-state index contributed by atoms with van der Waals surface area (Å²) in [5.74, 6) is -0.292. The minimum Gasteiger partial charge on any atom is -0.351 e. The lowest BCUT2D eigenvalue weighted by Crippen LogP contribution is -2.48.